The van der Waals surface area contributed by atoms with E-state index in [4.69, 9.17) is 11.6 Å². The number of carbonyl (C=O) groups excluding carboxylic acids is 1. The van der Waals surface area contributed by atoms with Crippen LogP contribution in [0.2, 0.25) is 5.02 Å². The van der Waals surface area contributed by atoms with Crippen LogP contribution in [-0.4, -0.2) is 19.1 Å². The Morgan fingerprint density at radius 3 is 2.07 bits per heavy atom. The first-order valence-electron chi connectivity index (χ1n) is 8.10. The molecule has 28 heavy (non-hydrogen) atoms. The highest BCUT2D eigenvalue weighted by atomic mass is 35.5. The van der Waals surface area contributed by atoms with E-state index in [0.717, 1.165) is 17.7 Å². The quantitative estimate of drug-likeness (QED) is 0.344. The molecule has 3 aromatic carbocycles. The molecule has 3 aromatic rings. The van der Waals surface area contributed by atoms with Crippen LogP contribution in [0.15, 0.2) is 76.5 Å². The predicted molar refractivity (Wildman–Crippen MR) is 105 cm³/mol. The van der Waals surface area contributed by atoms with Gasteiger partial charge in [-0.2, -0.15) is 0 Å². The van der Waals surface area contributed by atoms with Gasteiger partial charge >= 0.3 is 0 Å². The summed E-state index contributed by atoms with van der Waals surface area (Å²) < 4.78 is 25.7. The molecule has 0 unspecified atom stereocenters. The maximum Gasteiger partial charge on any atom is 0.289 e. The Labute approximate surface area is 166 Å². The second kappa shape index (κ2) is 7.53. The number of ketones is 1. The van der Waals surface area contributed by atoms with E-state index in [2.05, 4.69) is 0 Å². The van der Waals surface area contributed by atoms with Crippen molar-refractivity contribution >= 4 is 32.9 Å². The molecule has 0 bridgehead atoms. The smallest absolute Gasteiger partial charge is 0.289 e. The summed E-state index contributed by atoms with van der Waals surface area (Å²) in [5.41, 5.74) is 0.502. The molecule has 8 heteroatoms. The molecule has 6 nitrogen and oxygen atoms in total. The number of halogens is 1. The van der Waals surface area contributed by atoms with Crippen molar-refractivity contribution < 1.29 is 18.1 Å². The molecule has 0 N–H and O–H groups in total. The lowest BCUT2D eigenvalue weighted by Crippen LogP contribution is -2.08. The highest BCUT2D eigenvalue weighted by Crippen LogP contribution is 2.31. The average Bonchev–Trinajstić information content (AvgIpc) is 2.68. The van der Waals surface area contributed by atoms with Crippen LogP contribution in [0.3, 0.4) is 0 Å². The molecule has 3 rings (SSSR count). The first kappa shape index (κ1) is 19.7. The van der Waals surface area contributed by atoms with Crippen molar-refractivity contribution in [2.45, 2.75) is 16.7 Å². The number of aryl methyl sites for hydroxylation is 1. The zero-order chi connectivity index (χ0) is 20.5. The van der Waals surface area contributed by atoms with Gasteiger partial charge in [0, 0.05) is 22.2 Å². The van der Waals surface area contributed by atoms with E-state index in [9.17, 15) is 23.3 Å². The number of rotatable bonds is 5. The van der Waals surface area contributed by atoms with E-state index in [0.29, 0.717) is 5.02 Å². The standard InChI is InChI=1S/C20H14ClNO5S/c1-13-2-9-17(10-3-13)28(26,27)19-11-6-15(12-18(19)22(24)25)20(23)14-4-7-16(21)8-5-14/h2-12H,1H3. The fourth-order valence-corrected chi connectivity index (χ4v) is 4.17. The Hall–Kier alpha value is -3.03. The molecule has 0 aliphatic rings. The van der Waals surface area contributed by atoms with E-state index >= 15 is 0 Å². The Bertz CT molecular complexity index is 1170. The second-order valence-corrected chi connectivity index (χ2v) is 8.45. The molecule has 0 heterocycles. The molecule has 0 radical (unpaired) electrons. The van der Waals surface area contributed by atoms with Gasteiger partial charge in [0.2, 0.25) is 9.84 Å². The van der Waals surface area contributed by atoms with Crippen molar-refractivity contribution in [1.82, 2.24) is 0 Å². The number of nitro benzene ring substituents is 1. The van der Waals surface area contributed by atoms with Gasteiger partial charge in [0.25, 0.3) is 5.69 Å². The largest absolute Gasteiger partial charge is 0.289 e. The molecule has 0 atom stereocenters. The SMILES string of the molecule is Cc1ccc(S(=O)(=O)c2ccc(C(=O)c3ccc(Cl)cc3)cc2[N+](=O)[O-])cc1. The Balaban J connectivity index is 2.09. The molecule has 0 amide bonds. The third-order valence-electron chi connectivity index (χ3n) is 4.15. The fourth-order valence-electron chi connectivity index (χ4n) is 2.64. The minimum Gasteiger partial charge on any atom is -0.289 e. The summed E-state index contributed by atoms with van der Waals surface area (Å²) >= 11 is 5.80. The van der Waals surface area contributed by atoms with Crippen LogP contribution < -0.4 is 0 Å². The molecule has 0 aliphatic carbocycles. The lowest BCUT2D eigenvalue weighted by atomic mass is 10.0. The molecule has 0 aromatic heterocycles. The van der Waals surface area contributed by atoms with Gasteiger partial charge in [0.15, 0.2) is 5.78 Å². The Morgan fingerprint density at radius 2 is 1.50 bits per heavy atom. The molecule has 142 valence electrons. The number of hydrogen-bond acceptors (Lipinski definition) is 5. The van der Waals surface area contributed by atoms with E-state index < -0.39 is 31.1 Å². The monoisotopic (exact) mass is 415 g/mol. The normalized spacial score (nSPS) is 11.2. The van der Waals surface area contributed by atoms with Crippen LogP contribution in [0.25, 0.3) is 0 Å². The van der Waals surface area contributed by atoms with Gasteiger partial charge in [0.1, 0.15) is 4.90 Å². The van der Waals surface area contributed by atoms with Gasteiger partial charge in [-0.1, -0.05) is 29.3 Å². The highest BCUT2D eigenvalue weighted by Gasteiger charge is 2.29. The number of sulfone groups is 1. The van der Waals surface area contributed by atoms with E-state index in [-0.39, 0.29) is 16.0 Å². The Kier molecular flexibility index (Phi) is 5.31. The number of nitrogens with zero attached hydrogens (tertiary/aromatic N) is 1. The molecule has 0 spiro atoms. The van der Waals surface area contributed by atoms with Crippen molar-refractivity contribution in [2.24, 2.45) is 0 Å². The van der Waals surface area contributed by atoms with Gasteiger partial charge in [-0.3, -0.25) is 14.9 Å². The molecule has 0 fully saturated rings. The van der Waals surface area contributed by atoms with E-state index in [1.807, 2.05) is 0 Å². The minimum absolute atomic E-state index is 0.0110. The van der Waals surface area contributed by atoms with E-state index in [1.165, 1.54) is 42.5 Å². The van der Waals surface area contributed by atoms with Crippen LogP contribution in [0.1, 0.15) is 21.5 Å². The lowest BCUT2D eigenvalue weighted by Gasteiger charge is -2.08. The van der Waals surface area contributed by atoms with Crippen molar-refractivity contribution in [1.29, 1.82) is 0 Å². The summed E-state index contributed by atoms with van der Waals surface area (Å²) in [6.07, 6.45) is 0. The fraction of sp³-hybridized carbons (Fsp3) is 0.0500. The summed E-state index contributed by atoms with van der Waals surface area (Å²) in [7, 11) is -4.11. The second-order valence-electron chi connectivity index (χ2n) is 6.09. The number of hydrogen-bond donors (Lipinski definition) is 0. The average molecular weight is 416 g/mol. The van der Waals surface area contributed by atoms with Gasteiger partial charge in [-0.05, 0) is 55.5 Å². The van der Waals surface area contributed by atoms with Crippen molar-refractivity contribution in [3.63, 3.8) is 0 Å². The van der Waals surface area contributed by atoms with Crippen LogP contribution in [0.4, 0.5) is 5.69 Å². The van der Waals surface area contributed by atoms with Crippen LogP contribution in [0, 0.1) is 17.0 Å². The minimum atomic E-state index is -4.11. The third kappa shape index (κ3) is 3.81. The third-order valence-corrected chi connectivity index (χ3v) is 6.21. The van der Waals surface area contributed by atoms with Crippen LogP contribution in [0.5, 0.6) is 0 Å². The zero-order valence-electron chi connectivity index (χ0n) is 14.6. The van der Waals surface area contributed by atoms with Gasteiger partial charge < -0.3 is 0 Å². The maximum absolute atomic E-state index is 12.9. The summed E-state index contributed by atoms with van der Waals surface area (Å²) in [6, 6.07) is 15.4. The summed E-state index contributed by atoms with van der Waals surface area (Å²) in [5.74, 6) is -0.473. The van der Waals surface area contributed by atoms with Gasteiger partial charge in [0.05, 0.1) is 9.82 Å². The predicted octanol–water partition coefficient (Wildman–Crippen LogP) is 4.62. The zero-order valence-corrected chi connectivity index (χ0v) is 16.2. The van der Waals surface area contributed by atoms with Gasteiger partial charge in [-0.25, -0.2) is 8.42 Å². The molecule has 0 saturated heterocycles. The van der Waals surface area contributed by atoms with Crippen LogP contribution >= 0.6 is 11.6 Å². The van der Waals surface area contributed by atoms with Gasteiger partial charge in [-0.15, -0.1) is 0 Å². The first-order chi connectivity index (χ1) is 13.2. The summed E-state index contributed by atoms with van der Waals surface area (Å²) in [5, 5.41) is 12.0. The number of benzene rings is 3. The van der Waals surface area contributed by atoms with Crippen molar-refractivity contribution in [2.75, 3.05) is 0 Å². The topological polar surface area (TPSA) is 94.3 Å². The molecule has 0 aliphatic heterocycles. The van der Waals surface area contributed by atoms with E-state index in [1.54, 1.807) is 19.1 Å². The van der Waals surface area contributed by atoms with Crippen LogP contribution in [-0.2, 0) is 9.84 Å². The summed E-state index contributed by atoms with van der Waals surface area (Å²) in [4.78, 5) is 22.8. The highest BCUT2D eigenvalue weighted by molar-refractivity contribution is 7.91. The maximum atomic E-state index is 12.9. The Morgan fingerprint density at radius 1 is 0.929 bits per heavy atom. The summed E-state index contributed by atoms with van der Waals surface area (Å²) in [6.45, 7) is 1.80. The molecular weight excluding hydrogens is 402 g/mol. The van der Waals surface area contributed by atoms with Crippen molar-refractivity contribution in [3.05, 3.63) is 98.6 Å². The lowest BCUT2D eigenvalue weighted by molar-refractivity contribution is -0.387. The number of carbonyl (C=O) groups is 1. The molecular formula is C20H14ClNO5S. The number of nitro groups is 1. The van der Waals surface area contributed by atoms with Crippen molar-refractivity contribution in [3.8, 4) is 0 Å². The first-order valence-corrected chi connectivity index (χ1v) is 9.97. The molecule has 0 saturated carbocycles.